The van der Waals surface area contributed by atoms with Crippen LogP contribution in [0.1, 0.15) is 11.7 Å². The van der Waals surface area contributed by atoms with E-state index in [1.807, 2.05) is 0 Å². The number of aliphatic hydroxyl groups excluding tert-OH is 1. The van der Waals surface area contributed by atoms with Crippen molar-refractivity contribution in [3.05, 3.63) is 35.5 Å². The minimum absolute atomic E-state index is 0.180. The van der Waals surface area contributed by atoms with E-state index in [9.17, 15) is 13.9 Å². The van der Waals surface area contributed by atoms with E-state index in [1.54, 1.807) is 6.07 Å². The summed E-state index contributed by atoms with van der Waals surface area (Å²) < 4.78 is 27.1. The molecule has 0 aliphatic carbocycles. The molecule has 0 spiro atoms. The second-order valence-corrected chi connectivity index (χ2v) is 3.28. The first-order valence-electron chi connectivity index (χ1n) is 4.48. The van der Waals surface area contributed by atoms with Crippen molar-refractivity contribution in [1.82, 2.24) is 4.98 Å². The van der Waals surface area contributed by atoms with Gasteiger partial charge < -0.3 is 15.8 Å². The summed E-state index contributed by atoms with van der Waals surface area (Å²) in [6.45, 7) is -0.222. The molecule has 0 aliphatic heterocycles. The molecule has 80 valence electrons. The third kappa shape index (κ3) is 1.49. The summed E-state index contributed by atoms with van der Waals surface area (Å²) in [6.07, 6.45) is 0.184. The van der Waals surface area contributed by atoms with Gasteiger partial charge in [-0.25, -0.2) is 8.78 Å². The van der Waals surface area contributed by atoms with Crippen LogP contribution in [-0.4, -0.2) is 16.6 Å². The molecular weight excluding hydrogens is 202 g/mol. The zero-order valence-electron chi connectivity index (χ0n) is 7.80. The Labute approximate surface area is 84.5 Å². The molecule has 3 nitrogen and oxygen atoms in total. The van der Waals surface area contributed by atoms with Gasteiger partial charge in [-0.1, -0.05) is 0 Å². The number of aliphatic hydroxyl groups is 1. The van der Waals surface area contributed by atoms with Crippen molar-refractivity contribution in [2.24, 2.45) is 5.73 Å². The molecule has 1 unspecified atom stereocenters. The Morgan fingerprint density at radius 2 is 2.20 bits per heavy atom. The number of hydrogen-bond donors (Lipinski definition) is 3. The van der Waals surface area contributed by atoms with E-state index < -0.39 is 17.7 Å². The molecule has 2 aromatic rings. The van der Waals surface area contributed by atoms with E-state index in [-0.39, 0.29) is 17.6 Å². The third-order valence-electron chi connectivity index (χ3n) is 2.33. The van der Waals surface area contributed by atoms with Crippen LogP contribution in [0.4, 0.5) is 8.78 Å². The second kappa shape index (κ2) is 3.60. The predicted octanol–water partition coefficient (Wildman–Crippen LogP) is 1.44. The summed E-state index contributed by atoms with van der Waals surface area (Å²) in [5.41, 5.74) is 4.97. The number of aromatic amines is 1. The normalized spacial score (nSPS) is 13.3. The molecule has 0 amide bonds. The number of hydrogen-bond acceptors (Lipinski definition) is 2. The van der Waals surface area contributed by atoms with Gasteiger partial charge in [0.05, 0.1) is 17.2 Å². The number of aromatic nitrogens is 1. The fourth-order valence-electron chi connectivity index (χ4n) is 1.57. The van der Waals surface area contributed by atoms with Gasteiger partial charge in [0, 0.05) is 18.1 Å². The average Bonchev–Trinajstić information content (AvgIpc) is 2.65. The number of H-pyrrole nitrogens is 1. The SMILES string of the molecule is NCC(O)c1c(F)cc2cc[nH]c2c1F. The smallest absolute Gasteiger partial charge is 0.156 e. The maximum atomic E-state index is 13.7. The van der Waals surface area contributed by atoms with Gasteiger partial charge in [-0.3, -0.25) is 0 Å². The van der Waals surface area contributed by atoms with Crippen LogP contribution in [0.15, 0.2) is 18.3 Å². The van der Waals surface area contributed by atoms with E-state index in [4.69, 9.17) is 5.73 Å². The Kier molecular flexibility index (Phi) is 2.42. The van der Waals surface area contributed by atoms with Gasteiger partial charge in [-0.05, 0) is 12.1 Å². The van der Waals surface area contributed by atoms with Crippen molar-refractivity contribution >= 4 is 10.9 Å². The van der Waals surface area contributed by atoms with Gasteiger partial charge in [-0.2, -0.15) is 0 Å². The van der Waals surface area contributed by atoms with Gasteiger partial charge >= 0.3 is 0 Å². The molecular formula is C10H10F2N2O. The highest BCUT2D eigenvalue weighted by atomic mass is 19.1. The molecule has 1 atom stereocenters. The minimum atomic E-state index is -1.32. The van der Waals surface area contributed by atoms with Gasteiger partial charge in [0.2, 0.25) is 0 Å². The average molecular weight is 212 g/mol. The van der Waals surface area contributed by atoms with Crippen molar-refractivity contribution in [3.8, 4) is 0 Å². The van der Waals surface area contributed by atoms with E-state index in [2.05, 4.69) is 4.98 Å². The second-order valence-electron chi connectivity index (χ2n) is 3.28. The lowest BCUT2D eigenvalue weighted by molar-refractivity contribution is 0.177. The molecule has 0 bridgehead atoms. The molecule has 0 radical (unpaired) electrons. The molecule has 4 N–H and O–H groups in total. The Bertz CT molecular complexity index is 495. The van der Waals surface area contributed by atoms with Crippen molar-refractivity contribution < 1.29 is 13.9 Å². The zero-order valence-corrected chi connectivity index (χ0v) is 7.80. The largest absolute Gasteiger partial charge is 0.387 e. The molecule has 1 aromatic carbocycles. The fourth-order valence-corrected chi connectivity index (χ4v) is 1.57. The van der Waals surface area contributed by atoms with Crippen LogP contribution in [0.25, 0.3) is 10.9 Å². The standard InChI is InChI=1S/C10H10F2N2O/c11-6-3-5-1-2-14-10(5)9(12)8(6)7(15)4-13/h1-3,7,14-15H,4,13H2. The number of nitrogens with one attached hydrogen (secondary N) is 1. The molecule has 2 rings (SSSR count). The third-order valence-corrected chi connectivity index (χ3v) is 2.33. The topological polar surface area (TPSA) is 62.0 Å². The van der Waals surface area contributed by atoms with Crippen LogP contribution in [-0.2, 0) is 0 Å². The van der Waals surface area contributed by atoms with E-state index in [1.165, 1.54) is 12.3 Å². The zero-order chi connectivity index (χ0) is 11.0. The summed E-state index contributed by atoms with van der Waals surface area (Å²) in [5.74, 6) is -1.56. The quantitative estimate of drug-likeness (QED) is 0.705. The minimum Gasteiger partial charge on any atom is -0.387 e. The number of halogens is 2. The lowest BCUT2D eigenvalue weighted by Gasteiger charge is -2.11. The number of benzene rings is 1. The first kappa shape index (κ1) is 10.1. The van der Waals surface area contributed by atoms with Crippen LogP contribution < -0.4 is 5.73 Å². The summed E-state index contributed by atoms with van der Waals surface area (Å²) >= 11 is 0. The van der Waals surface area contributed by atoms with Gasteiger partial charge in [0.15, 0.2) is 5.82 Å². The maximum Gasteiger partial charge on any atom is 0.156 e. The molecule has 0 saturated carbocycles. The lowest BCUT2D eigenvalue weighted by atomic mass is 10.1. The number of rotatable bonds is 2. The van der Waals surface area contributed by atoms with E-state index in [0.29, 0.717) is 5.39 Å². The summed E-state index contributed by atoms with van der Waals surface area (Å²) in [4.78, 5) is 2.64. The van der Waals surface area contributed by atoms with Crippen LogP contribution >= 0.6 is 0 Å². The van der Waals surface area contributed by atoms with Gasteiger partial charge in [0.1, 0.15) is 5.82 Å². The first-order chi connectivity index (χ1) is 7.15. The predicted molar refractivity (Wildman–Crippen MR) is 52.2 cm³/mol. The first-order valence-corrected chi connectivity index (χ1v) is 4.48. The maximum absolute atomic E-state index is 13.7. The van der Waals surface area contributed by atoms with Crippen LogP contribution in [0.2, 0.25) is 0 Å². The molecule has 15 heavy (non-hydrogen) atoms. The fraction of sp³-hybridized carbons (Fsp3) is 0.200. The van der Waals surface area contributed by atoms with Crippen LogP contribution in [0, 0.1) is 11.6 Å². The summed E-state index contributed by atoms with van der Waals surface area (Å²) in [6, 6.07) is 2.73. The number of nitrogens with two attached hydrogens (primary N) is 1. The van der Waals surface area contributed by atoms with Crippen molar-refractivity contribution in [2.45, 2.75) is 6.10 Å². The Morgan fingerprint density at radius 3 is 2.87 bits per heavy atom. The molecule has 0 fully saturated rings. The number of fused-ring (bicyclic) bond motifs is 1. The summed E-state index contributed by atoms with van der Waals surface area (Å²) in [7, 11) is 0. The molecule has 0 saturated heterocycles. The Hall–Kier alpha value is -1.46. The van der Waals surface area contributed by atoms with Gasteiger partial charge in [-0.15, -0.1) is 0 Å². The molecule has 1 aromatic heterocycles. The van der Waals surface area contributed by atoms with Crippen LogP contribution in [0.5, 0.6) is 0 Å². The van der Waals surface area contributed by atoms with E-state index >= 15 is 0 Å². The highest BCUT2D eigenvalue weighted by Gasteiger charge is 2.20. The molecule has 5 heteroatoms. The van der Waals surface area contributed by atoms with Crippen molar-refractivity contribution in [2.75, 3.05) is 6.54 Å². The Morgan fingerprint density at radius 1 is 1.47 bits per heavy atom. The van der Waals surface area contributed by atoms with Crippen molar-refractivity contribution in [1.29, 1.82) is 0 Å². The highest BCUT2D eigenvalue weighted by molar-refractivity contribution is 5.81. The molecule has 1 heterocycles. The van der Waals surface area contributed by atoms with Crippen molar-refractivity contribution in [3.63, 3.8) is 0 Å². The Balaban J connectivity index is 2.72. The molecule has 0 aliphatic rings. The lowest BCUT2D eigenvalue weighted by Crippen LogP contribution is -2.15. The van der Waals surface area contributed by atoms with Gasteiger partial charge in [0.25, 0.3) is 0 Å². The highest BCUT2D eigenvalue weighted by Crippen LogP contribution is 2.26. The van der Waals surface area contributed by atoms with Crippen LogP contribution in [0.3, 0.4) is 0 Å². The van der Waals surface area contributed by atoms with E-state index in [0.717, 1.165) is 0 Å². The summed E-state index contributed by atoms with van der Waals surface area (Å²) in [5, 5.41) is 9.80. The monoisotopic (exact) mass is 212 g/mol.